The zero-order valence-electron chi connectivity index (χ0n) is 24.6. The van der Waals surface area contributed by atoms with Crippen LogP contribution in [0.3, 0.4) is 0 Å². The summed E-state index contributed by atoms with van der Waals surface area (Å²) in [6, 6.07) is 11.1. The lowest BCUT2D eigenvalue weighted by atomic mass is 9.97. The molecule has 0 unspecified atom stereocenters. The highest BCUT2D eigenvalue weighted by atomic mass is 35.5. The molecule has 0 aliphatic heterocycles. The molecule has 246 valence electrons. The van der Waals surface area contributed by atoms with Crippen LogP contribution in [-0.2, 0) is 18.9 Å². The first-order valence-corrected chi connectivity index (χ1v) is 16.2. The molecular weight excluding hydrogens is 707 g/mol. The SMILES string of the molecule is Cc1nn(-c2nc(-c3ccc(Cl)c(Cl)c3)c(SC(C)C)s2)c(C(=O)NCc2ccccn2)c1-c1cc(C(F)(F)F)cc(C(F)(F)F)c1. The summed E-state index contributed by atoms with van der Waals surface area (Å²) in [4.78, 5) is 22.8. The fourth-order valence-electron chi connectivity index (χ4n) is 4.58. The van der Waals surface area contributed by atoms with Crippen LogP contribution in [0.1, 0.15) is 46.9 Å². The van der Waals surface area contributed by atoms with Crippen molar-refractivity contribution in [3.63, 3.8) is 0 Å². The van der Waals surface area contributed by atoms with Crippen molar-refractivity contribution in [3.8, 4) is 27.5 Å². The number of carbonyl (C=O) groups is 1. The van der Waals surface area contributed by atoms with Gasteiger partial charge in [-0.25, -0.2) is 4.98 Å². The van der Waals surface area contributed by atoms with E-state index < -0.39 is 35.0 Å². The van der Waals surface area contributed by atoms with Crippen LogP contribution in [-0.4, -0.2) is 30.9 Å². The highest BCUT2D eigenvalue weighted by Crippen LogP contribution is 2.43. The van der Waals surface area contributed by atoms with E-state index in [9.17, 15) is 31.1 Å². The molecule has 1 amide bonds. The van der Waals surface area contributed by atoms with E-state index in [-0.39, 0.29) is 45.0 Å². The number of hydrogen-bond acceptors (Lipinski definition) is 6. The zero-order valence-corrected chi connectivity index (χ0v) is 27.7. The smallest absolute Gasteiger partial charge is 0.345 e. The van der Waals surface area contributed by atoms with Gasteiger partial charge in [-0.3, -0.25) is 9.78 Å². The number of amides is 1. The number of aromatic nitrogens is 4. The second-order valence-corrected chi connectivity index (χ2v) is 14.1. The summed E-state index contributed by atoms with van der Waals surface area (Å²) in [6.07, 6.45) is -8.70. The number of alkyl halides is 6. The van der Waals surface area contributed by atoms with Crippen molar-refractivity contribution in [1.29, 1.82) is 0 Å². The fraction of sp³-hybridized carbons (Fsp3) is 0.226. The molecule has 0 radical (unpaired) electrons. The first-order chi connectivity index (χ1) is 22.0. The molecule has 3 aromatic heterocycles. The fourth-order valence-corrected chi connectivity index (χ4v) is 7.36. The van der Waals surface area contributed by atoms with Crippen molar-refractivity contribution in [2.24, 2.45) is 0 Å². The van der Waals surface area contributed by atoms with E-state index >= 15 is 0 Å². The van der Waals surface area contributed by atoms with E-state index in [1.54, 1.807) is 36.4 Å². The summed E-state index contributed by atoms with van der Waals surface area (Å²) in [6.45, 7) is 5.23. The van der Waals surface area contributed by atoms with Crippen LogP contribution in [0.2, 0.25) is 10.0 Å². The van der Waals surface area contributed by atoms with E-state index in [4.69, 9.17) is 28.2 Å². The molecule has 6 nitrogen and oxygen atoms in total. The molecule has 0 atom stereocenters. The number of pyridine rings is 1. The Labute approximate surface area is 283 Å². The average molecular weight is 731 g/mol. The number of hydrogen-bond donors (Lipinski definition) is 1. The first-order valence-electron chi connectivity index (χ1n) is 13.7. The normalized spacial score (nSPS) is 12.2. The Bertz CT molecular complexity index is 1910. The minimum absolute atomic E-state index is 0.00443. The first kappa shape index (κ1) is 34.7. The number of aryl methyl sites for hydroxylation is 1. The molecule has 0 spiro atoms. The maximum Gasteiger partial charge on any atom is 0.416 e. The second-order valence-electron chi connectivity index (χ2n) is 10.4. The van der Waals surface area contributed by atoms with E-state index in [0.717, 1.165) is 16.0 Å². The standard InChI is InChI=1S/C31H23Cl2F6N5OS2/c1-15(2)46-28-25(17-7-8-22(32)23(33)12-17)42-29(47-28)44-26(27(45)41-14-21-6-4-5-9-40-21)24(16(3)43-44)18-10-19(30(34,35)36)13-20(11-18)31(37,38)39/h4-13,15H,14H2,1-3H3,(H,41,45). The topological polar surface area (TPSA) is 72.7 Å². The van der Waals surface area contributed by atoms with Gasteiger partial charge in [0.25, 0.3) is 5.91 Å². The Balaban J connectivity index is 1.74. The van der Waals surface area contributed by atoms with Crippen LogP contribution in [0.4, 0.5) is 26.3 Å². The maximum absolute atomic E-state index is 13.9. The van der Waals surface area contributed by atoms with Gasteiger partial charge in [-0.05, 0) is 55.0 Å². The van der Waals surface area contributed by atoms with E-state index in [2.05, 4.69) is 15.4 Å². The van der Waals surface area contributed by atoms with Gasteiger partial charge in [0.2, 0.25) is 5.13 Å². The van der Waals surface area contributed by atoms with Crippen molar-refractivity contribution in [3.05, 3.63) is 99.0 Å². The molecule has 2 aromatic carbocycles. The zero-order chi connectivity index (χ0) is 34.3. The van der Waals surface area contributed by atoms with Crippen LogP contribution >= 0.6 is 46.3 Å². The number of thioether (sulfide) groups is 1. The molecule has 16 heteroatoms. The van der Waals surface area contributed by atoms with Gasteiger partial charge in [-0.15, -0.1) is 11.8 Å². The molecule has 0 aliphatic rings. The van der Waals surface area contributed by atoms with Gasteiger partial charge in [0.1, 0.15) is 5.69 Å². The molecule has 47 heavy (non-hydrogen) atoms. The molecule has 5 aromatic rings. The van der Waals surface area contributed by atoms with Crippen molar-refractivity contribution < 1.29 is 31.1 Å². The maximum atomic E-state index is 13.9. The third-order valence-electron chi connectivity index (χ3n) is 6.61. The van der Waals surface area contributed by atoms with Crippen molar-refractivity contribution in [2.75, 3.05) is 0 Å². The van der Waals surface area contributed by atoms with Crippen LogP contribution in [0.25, 0.3) is 27.5 Å². The minimum Gasteiger partial charge on any atom is -0.345 e. The van der Waals surface area contributed by atoms with Gasteiger partial charge in [0, 0.05) is 22.6 Å². The van der Waals surface area contributed by atoms with E-state index in [1.807, 2.05) is 13.8 Å². The summed E-state index contributed by atoms with van der Waals surface area (Å²) in [5.41, 5.74) is -2.51. The lowest BCUT2D eigenvalue weighted by Crippen LogP contribution is -2.26. The lowest BCUT2D eigenvalue weighted by Gasteiger charge is -2.15. The highest BCUT2D eigenvalue weighted by molar-refractivity contribution is 8.01. The van der Waals surface area contributed by atoms with Crippen molar-refractivity contribution in [2.45, 2.75) is 49.1 Å². The van der Waals surface area contributed by atoms with Crippen LogP contribution in [0.15, 0.2) is 65.0 Å². The van der Waals surface area contributed by atoms with E-state index in [1.165, 1.54) is 24.9 Å². The van der Waals surface area contributed by atoms with Gasteiger partial charge >= 0.3 is 12.4 Å². The third kappa shape index (κ3) is 7.77. The molecule has 0 saturated carbocycles. The summed E-state index contributed by atoms with van der Waals surface area (Å²) in [5, 5.41) is 7.95. The number of carbonyl (C=O) groups excluding carboxylic acids is 1. The average Bonchev–Trinajstić information content (AvgIpc) is 3.57. The van der Waals surface area contributed by atoms with Gasteiger partial charge < -0.3 is 5.32 Å². The lowest BCUT2D eigenvalue weighted by molar-refractivity contribution is -0.143. The predicted octanol–water partition coefficient (Wildman–Crippen LogP) is 10.1. The van der Waals surface area contributed by atoms with E-state index in [0.29, 0.717) is 38.3 Å². The number of halogens is 8. The minimum atomic E-state index is -5.10. The molecule has 0 fully saturated rings. The Morgan fingerprint density at radius 2 is 1.64 bits per heavy atom. The van der Waals surface area contributed by atoms with Crippen molar-refractivity contribution in [1.82, 2.24) is 25.1 Å². The molecule has 3 heterocycles. The van der Waals surface area contributed by atoms with Crippen LogP contribution in [0, 0.1) is 6.92 Å². The largest absolute Gasteiger partial charge is 0.416 e. The molecule has 0 aliphatic carbocycles. The van der Waals surface area contributed by atoms with Gasteiger partial charge in [0.15, 0.2) is 0 Å². The Morgan fingerprint density at radius 1 is 0.957 bits per heavy atom. The number of nitrogens with zero attached hydrogens (tertiary/aromatic N) is 4. The van der Waals surface area contributed by atoms with Crippen LogP contribution < -0.4 is 5.32 Å². The van der Waals surface area contributed by atoms with Crippen molar-refractivity contribution >= 4 is 52.2 Å². The second kappa shape index (κ2) is 13.5. The highest BCUT2D eigenvalue weighted by Gasteiger charge is 2.38. The Hall–Kier alpha value is -3.59. The predicted molar refractivity (Wildman–Crippen MR) is 171 cm³/mol. The number of rotatable bonds is 8. The molecule has 5 rings (SSSR count). The molecule has 0 bridgehead atoms. The summed E-state index contributed by atoms with van der Waals surface area (Å²) < 4.78 is 85.0. The van der Waals surface area contributed by atoms with Gasteiger partial charge in [-0.1, -0.05) is 60.5 Å². The number of nitrogens with one attached hydrogen (secondary N) is 1. The molecule has 0 saturated heterocycles. The molecular formula is C31H23Cl2F6N5OS2. The Morgan fingerprint density at radius 3 is 2.21 bits per heavy atom. The monoisotopic (exact) mass is 729 g/mol. The summed E-state index contributed by atoms with van der Waals surface area (Å²) >= 11 is 15.0. The van der Waals surface area contributed by atoms with Crippen LogP contribution in [0.5, 0.6) is 0 Å². The Kier molecular flexibility index (Phi) is 9.97. The number of thiazole rings is 1. The summed E-state index contributed by atoms with van der Waals surface area (Å²) in [7, 11) is 0. The number of benzene rings is 2. The third-order valence-corrected chi connectivity index (χ3v) is 9.59. The van der Waals surface area contributed by atoms with Gasteiger partial charge in [0.05, 0.1) is 49.0 Å². The quantitative estimate of drug-likeness (QED) is 0.127. The molecule has 1 N–H and O–H groups in total. The van der Waals surface area contributed by atoms with Gasteiger partial charge in [-0.2, -0.15) is 36.1 Å². The summed E-state index contributed by atoms with van der Waals surface area (Å²) in [5.74, 6) is -0.818.